The Morgan fingerprint density at radius 2 is 2.12 bits per heavy atom. The van der Waals surface area contributed by atoms with Crippen LogP contribution in [0.4, 0.5) is 4.39 Å². The first kappa shape index (κ1) is 14.6. The molecule has 17 heavy (non-hydrogen) atoms. The number of aliphatic hydroxyl groups is 1. The fourth-order valence-corrected chi connectivity index (χ4v) is 2.07. The topological polar surface area (TPSA) is 32.3 Å². The molecule has 1 aromatic rings. The third kappa shape index (κ3) is 5.15. The number of hydrogen-bond donors (Lipinski definition) is 2. The summed E-state index contributed by atoms with van der Waals surface area (Å²) in [7, 11) is 0. The average Bonchev–Trinajstić information content (AvgIpc) is 2.32. The molecule has 0 aliphatic carbocycles. The van der Waals surface area contributed by atoms with Crippen LogP contribution in [0.5, 0.6) is 0 Å². The van der Waals surface area contributed by atoms with Crippen molar-refractivity contribution in [3.05, 3.63) is 34.1 Å². The summed E-state index contributed by atoms with van der Waals surface area (Å²) in [6.45, 7) is 3.04. The van der Waals surface area contributed by atoms with E-state index in [0.29, 0.717) is 5.56 Å². The van der Waals surface area contributed by atoms with Crippen LogP contribution in [0.3, 0.4) is 0 Å². The maximum absolute atomic E-state index is 13.6. The third-order valence-corrected chi connectivity index (χ3v) is 3.20. The molecule has 1 aromatic carbocycles. The lowest BCUT2D eigenvalue weighted by molar-refractivity contribution is 0.282. The molecule has 96 valence electrons. The van der Waals surface area contributed by atoms with E-state index in [4.69, 9.17) is 5.11 Å². The van der Waals surface area contributed by atoms with E-state index in [2.05, 4.69) is 21.2 Å². The second kappa shape index (κ2) is 7.80. The smallest absolute Gasteiger partial charge is 0.128 e. The molecule has 0 bridgehead atoms. The molecule has 0 amide bonds. The molecule has 1 rings (SSSR count). The van der Waals surface area contributed by atoms with Crippen LogP contribution in [0, 0.1) is 5.82 Å². The van der Waals surface area contributed by atoms with Crippen molar-refractivity contribution in [3.63, 3.8) is 0 Å². The van der Waals surface area contributed by atoms with Gasteiger partial charge in [-0.05, 0) is 50.9 Å². The summed E-state index contributed by atoms with van der Waals surface area (Å²) in [6, 6.07) is 4.98. The van der Waals surface area contributed by atoms with Gasteiger partial charge in [0.05, 0.1) is 0 Å². The molecule has 0 aliphatic rings. The molecule has 0 spiro atoms. The number of rotatable bonds is 7. The molecule has 0 saturated carbocycles. The van der Waals surface area contributed by atoms with Crippen molar-refractivity contribution in [2.24, 2.45) is 0 Å². The van der Waals surface area contributed by atoms with E-state index in [9.17, 15) is 4.39 Å². The van der Waals surface area contributed by atoms with Gasteiger partial charge in [0.25, 0.3) is 0 Å². The molecule has 0 heterocycles. The summed E-state index contributed by atoms with van der Waals surface area (Å²) in [6.07, 6.45) is 2.83. The minimum Gasteiger partial charge on any atom is -0.396 e. The molecule has 0 aliphatic heterocycles. The average molecular weight is 304 g/mol. The van der Waals surface area contributed by atoms with Crippen molar-refractivity contribution in [2.45, 2.75) is 32.2 Å². The van der Waals surface area contributed by atoms with E-state index < -0.39 is 0 Å². The van der Waals surface area contributed by atoms with Crippen LogP contribution in [0.15, 0.2) is 22.7 Å². The van der Waals surface area contributed by atoms with Gasteiger partial charge in [-0.2, -0.15) is 0 Å². The van der Waals surface area contributed by atoms with Gasteiger partial charge in [0.2, 0.25) is 0 Å². The lowest BCUT2D eigenvalue weighted by Gasteiger charge is -2.15. The summed E-state index contributed by atoms with van der Waals surface area (Å²) < 4.78 is 14.4. The normalized spacial score (nSPS) is 12.7. The fraction of sp³-hybridized carbons (Fsp3) is 0.538. The number of unbranched alkanes of at least 4 members (excludes halogenated alkanes) is 2. The first-order valence-corrected chi connectivity index (χ1v) is 6.73. The Morgan fingerprint density at radius 1 is 1.35 bits per heavy atom. The Labute approximate surface area is 110 Å². The summed E-state index contributed by atoms with van der Waals surface area (Å²) in [5.41, 5.74) is 0.682. The highest BCUT2D eigenvalue weighted by molar-refractivity contribution is 9.10. The molecular formula is C13H19BrFNO. The third-order valence-electron chi connectivity index (χ3n) is 2.71. The summed E-state index contributed by atoms with van der Waals surface area (Å²) in [4.78, 5) is 0. The molecule has 0 saturated heterocycles. The highest BCUT2D eigenvalue weighted by atomic mass is 79.9. The van der Waals surface area contributed by atoms with Crippen LogP contribution in [0.1, 0.15) is 37.8 Å². The van der Waals surface area contributed by atoms with Gasteiger partial charge < -0.3 is 10.4 Å². The molecule has 0 radical (unpaired) electrons. The first-order chi connectivity index (χ1) is 8.15. The second-order valence-electron chi connectivity index (χ2n) is 4.13. The van der Waals surface area contributed by atoms with Crippen molar-refractivity contribution in [1.29, 1.82) is 0 Å². The largest absolute Gasteiger partial charge is 0.396 e. The van der Waals surface area contributed by atoms with Crippen molar-refractivity contribution in [3.8, 4) is 0 Å². The molecular weight excluding hydrogens is 285 g/mol. The van der Waals surface area contributed by atoms with E-state index in [-0.39, 0.29) is 18.5 Å². The van der Waals surface area contributed by atoms with E-state index in [0.717, 1.165) is 30.3 Å². The molecule has 0 aromatic heterocycles. The molecule has 2 nitrogen and oxygen atoms in total. The molecule has 1 unspecified atom stereocenters. The number of nitrogens with one attached hydrogen (secondary N) is 1. The molecule has 1 atom stereocenters. The first-order valence-electron chi connectivity index (χ1n) is 5.94. The predicted octanol–water partition coefficient (Wildman–Crippen LogP) is 3.40. The van der Waals surface area contributed by atoms with Gasteiger partial charge in [0.15, 0.2) is 0 Å². The number of halogens is 2. The van der Waals surface area contributed by atoms with Gasteiger partial charge in [-0.1, -0.05) is 15.9 Å². The highest BCUT2D eigenvalue weighted by Crippen LogP contribution is 2.21. The standard InChI is InChI=1S/C13H19BrFNO/c1-10(16-7-3-2-4-8-17)12-9-11(14)5-6-13(12)15/h5-6,9-10,16-17H,2-4,7-8H2,1H3. The van der Waals surface area contributed by atoms with E-state index >= 15 is 0 Å². The van der Waals surface area contributed by atoms with E-state index in [1.54, 1.807) is 12.1 Å². The Morgan fingerprint density at radius 3 is 2.82 bits per heavy atom. The van der Waals surface area contributed by atoms with Crippen molar-refractivity contribution in [2.75, 3.05) is 13.2 Å². The molecule has 0 fully saturated rings. The summed E-state index contributed by atoms with van der Waals surface area (Å²) in [5.74, 6) is -0.177. The van der Waals surface area contributed by atoms with Crippen molar-refractivity contribution in [1.82, 2.24) is 5.32 Å². The van der Waals surface area contributed by atoms with Crippen LogP contribution in [0.2, 0.25) is 0 Å². The van der Waals surface area contributed by atoms with Crippen LogP contribution < -0.4 is 5.32 Å². The zero-order chi connectivity index (χ0) is 12.7. The van der Waals surface area contributed by atoms with Gasteiger partial charge in [0, 0.05) is 22.7 Å². The second-order valence-corrected chi connectivity index (χ2v) is 5.04. The number of benzene rings is 1. The Balaban J connectivity index is 2.41. The number of aliphatic hydroxyl groups excluding tert-OH is 1. The van der Waals surface area contributed by atoms with Gasteiger partial charge in [-0.3, -0.25) is 0 Å². The van der Waals surface area contributed by atoms with Gasteiger partial charge in [-0.25, -0.2) is 4.39 Å². The maximum atomic E-state index is 13.6. The maximum Gasteiger partial charge on any atom is 0.128 e. The van der Waals surface area contributed by atoms with Crippen LogP contribution in [-0.2, 0) is 0 Å². The number of hydrogen-bond acceptors (Lipinski definition) is 2. The minimum atomic E-state index is -0.177. The monoisotopic (exact) mass is 303 g/mol. The van der Waals surface area contributed by atoms with E-state index in [1.165, 1.54) is 6.07 Å². The summed E-state index contributed by atoms with van der Waals surface area (Å²) >= 11 is 3.34. The lowest BCUT2D eigenvalue weighted by Crippen LogP contribution is -2.20. The predicted molar refractivity (Wildman–Crippen MR) is 71.5 cm³/mol. The van der Waals surface area contributed by atoms with Crippen molar-refractivity contribution >= 4 is 15.9 Å². The molecule has 2 N–H and O–H groups in total. The zero-order valence-corrected chi connectivity index (χ0v) is 11.6. The lowest BCUT2D eigenvalue weighted by atomic mass is 10.1. The van der Waals surface area contributed by atoms with Crippen LogP contribution >= 0.6 is 15.9 Å². The van der Waals surface area contributed by atoms with Gasteiger partial charge in [-0.15, -0.1) is 0 Å². The fourth-order valence-electron chi connectivity index (χ4n) is 1.69. The highest BCUT2D eigenvalue weighted by Gasteiger charge is 2.10. The SMILES string of the molecule is CC(NCCCCCO)c1cc(Br)ccc1F. The molecule has 4 heteroatoms. The van der Waals surface area contributed by atoms with Gasteiger partial charge >= 0.3 is 0 Å². The van der Waals surface area contributed by atoms with E-state index in [1.807, 2.05) is 6.92 Å². The Kier molecular flexibility index (Phi) is 6.70. The van der Waals surface area contributed by atoms with Crippen LogP contribution in [-0.4, -0.2) is 18.3 Å². The quantitative estimate of drug-likeness (QED) is 0.757. The minimum absolute atomic E-state index is 0.00151. The van der Waals surface area contributed by atoms with Crippen molar-refractivity contribution < 1.29 is 9.50 Å². The zero-order valence-electron chi connectivity index (χ0n) is 10.0. The Hall–Kier alpha value is -0.450. The Bertz CT molecular complexity index is 346. The van der Waals surface area contributed by atoms with Gasteiger partial charge in [0.1, 0.15) is 5.82 Å². The summed E-state index contributed by atoms with van der Waals surface area (Å²) in [5, 5.41) is 11.9. The van der Waals surface area contributed by atoms with Crippen LogP contribution in [0.25, 0.3) is 0 Å².